The van der Waals surface area contributed by atoms with Crippen LogP contribution in [0.15, 0.2) is 70.2 Å². The second-order valence-corrected chi connectivity index (χ2v) is 9.79. The van der Waals surface area contributed by atoms with Gasteiger partial charge < -0.3 is 14.6 Å². The predicted octanol–water partition coefficient (Wildman–Crippen LogP) is 4.48. The molecule has 2 amide bonds. The predicted molar refractivity (Wildman–Crippen MR) is 117 cm³/mol. The Morgan fingerprint density at radius 2 is 1.87 bits per heavy atom. The Labute approximate surface area is 188 Å². The summed E-state index contributed by atoms with van der Waals surface area (Å²) in [6.45, 7) is -0.378. The number of anilines is 2. The van der Waals surface area contributed by atoms with Crippen LogP contribution in [0.5, 0.6) is 0 Å². The smallest absolute Gasteiger partial charge is 0.244 e. The number of carbonyl (C=O) groups excluding carboxylic acids is 2. The number of nitrogens with one attached hydrogen (secondary N) is 1. The van der Waals surface area contributed by atoms with Gasteiger partial charge in [0, 0.05) is 5.69 Å². The van der Waals surface area contributed by atoms with Crippen LogP contribution < -0.4 is 10.2 Å². The summed E-state index contributed by atoms with van der Waals surface area (Å²) in [7, 11) is -3.93. The third-order valence-corrected chi connectivity index (χ3v) is 7.71. The number of amides is 2. The molecule has 0 aliphatic carbocycles. The highest BCUT2D eigenvalue weighted by atomic mass is 35.5. The maximum absolute atomic E-state index is 13.3. The van der Waals surface area contributed by atoms with E-state index in [9.17, 15) is 18.0 Å². The van der Waals surface area contributed by atoms with Crippen molar-refractivity contribution in [3.63, 3.8) is 0 Å². The number of furan rings is 1. The molecule has 0 radical (unpaired) electrons. The standard InChI is InChI=1S/C21H16Cl2N2O5S/c22-14-8-7-13(10-15(14)23)24-20(26)12-25-16-4-1-2-6-18(16)31(28,29)19(11-21(25)27)17-5-3-9-30-17/h1-10,19H,11-12H2,(H,24,26). The van der Waals surface area contributed by atoms with Crippen molar-refractivity contribution in [1.29, 1.82) is 0 Å². The lowest BCUT2D eigenvalue weighted by Gasteiger charge is -2.21. The van der Waals surface area contributed by atoms with Crippen LogP contribution in [-0.4, -0.2) is 26.8 Å². The maximum Gasteiger partial charge on any atom is 0.244 e. The van der Waals surface area contributed by atoms with Crippen molar-refractivity contribution in [1.82, 2.24) is 0 Å². The number of para-hydroxylation sites is 1. The molecule has 1 aliphatic heterocycles. The van der Waals surface area contributed by atoms with E-state index in [1.807, 2.05) is 0 Å². The highest BCUT2D eigenvalue weighted by molar-refractivity contribution is 7.91. The number of rotatable bonds is 4. The van der Waals surface area contributed by atoms with Gasteiger partial charge >= 0.3 is 0 Å². The Bertz CT molecular complexity index is 1260. The molecule has 4 rings (SSSR count). The van der Waals surface area contributed by atoms with Gasteiger partial charge in [0.2, 0.25) is 11.8 Å². The van der Waals surface area contributed by atoms with E-state index in [-0.39, 0.29) is 34.3 Å². The summed E-state index contributed by atoms with van der Waals surface area (Å²) in [4.78, 5) is 26.9. The molecule has 1 N–H and O–H groups in total. The average molecular weight is 479 g/mol. The normalized spacial score (nSPS) is 17.7. The molecule has 1 aliphatic rings. The molecule has 2 heterocycles. The van der Waals surface area contributed by atoms with E-state index in [0.717, 1.165) is 0 Å². The Kier molecular flexibility index (Phi) is 5.79. The van der Waals surface area contributed by atoms with E-state index >= 15 is 0 Å². The summed E-state index contributed by atoms with van der Waals surface area (Å²) in [6, 6.07) is 13.8. The van der Waals surface area contributed by atoms with Crippen LogP contribution >= 0.6 is 23.2 Å². The van der Waals surface area contributed by atoms with Gasteiger partial charge in [-0.25, -0.2) is 8.42 Å². The largest absolute Gasteiger partial charge is 0.468 e. The van der Waals surface area contributed by atoms with Crippen molar-refractivity contribution >= 4 is 56.2 Å². The first kappa shape index (κ1) is 21.4. The van der Waals surface area contributed by atoms with Gasteiger partial charge in [0.05, 0.1) is 33.3 Å². The second kappa shape index (κ2) is 8.37. The van der Waals surface area contributed by atoms with Crippen molar-refractivity contribution < 1.29 is 22.4 Å². The summed E-state index contributed by atoms with van der Waals surface area (Å²) in [5.41, 5.74) is 0.543. The van der Waals surface area contributed by atoms with Crippen molar-refractivity contribution in [2.45, 2.75) is 16.6 Å². The molecule has 0 saturated heterocycles. The molecule has 0 fully saturated rings. The molecule has 31 heavy (non-hydrogen) atoms. The van der Waals surface area contributed by atoms with Gasteiger partial charge in [-0.3, -0.25) is 9.59 Å². The zero-order chi connectivity index (χ0) is 22.2. The highest BCUT2D eigenvalue weighted by Gasteiger charge is 2.41. The molecule has 3 aromatic rings. The molecule has 1 unspecified atom stereocenters. The molecular weight excluding hydrogens is 463 g/mol. The van der Waals surface area contributed by atoms with E-state index in [2.05, 4.69) is 5.32 Å². The lowest BCUT2D eigenvalue weighted by atomic mass is 10.2. The van der Waals surface area contributed by atoms with Crippen molar-refractivity contribution in [3.05, 3.63) is 76.7 Å². The number of fused-ring (bicyclic) bond motifs is 1. The summed E-state index contributed by atoms with van der Waals surface area (Å²) >= 11 is 11.9. The van der Waals surface area contributed by atoms with Gasteiger partial charge in [-0.05, 0) is 42.5 Å². The number of sulfone groups is 1. The van der Waals surface area contributed by atoms with Crippen molar-refractivity contribution in [2.24, 2.45) is 0 Å². The molecule has 0 spiro atoms. The van der Waals surface area contributed by atoms with Crippen molar-refractivity contribution in [2.75, 3.05) is 16.8 Å². The summed E-state index contributed by atoms with van der Waals surface area (Å²) in [6.07, 6.45) is 0.999. The first-order valence-electron chi connectivity index (χ1n) is 9.19. The average Bonchev–Trinajstić information content (AvgIpc) is 3.24. The zero-order valence-corrected chi connectivity index (χ0v) is 18.2. The number of halogens is 2. The number of benzene rings is 2. The molecular formula is C21H16Cl2N2O5S. The lowest BCUT2D eigenvalue weighted by Crippen LogP contribution is -2.38. The van der Waals surface area contributed by atoms with Gasteiger partial charge in [0.15, 0.2) is 9.84 Å². The van der Waals surface area contributed by atoms with Crippen LogP contribution in [0.25, 0.3) is 0 Å². The number of hydrogen-bond donors (Lipinski definition) is 1. The third kappa shape index (κ3) is 4.19. The minimum absolute atomic E-state index is 0.0374. The van der Waals surface area contributed by atoms with E-state index in [1.54, 1.807) is 24.3 Å². The molecule has 10 heteroatoms. The van der Waals surface area contributed by atoms with E-state index in [4.69, 9.17) is 27.6 Å². The van der Waals surface area contributed by atoms with Crippen LogP contribution in [-0.2, 0) is 19.4 Å². The molecule has 7 nitrogen and oxygen atoms in total. The molecule has 0 saturated carbocycles. The van der Waals surface area contributed by atoms with Crippen LogP contribution in [0.4, 0.5) is 11.4 Å². The molecule has 0 bridgehead atoms. The molecule has 2 aromatic carbocycles. The first-order chi connectivity index (χ1) is 14.8. The highest BCUT2D eigenvalue weighted by Crippen LogP contribution is 2.40. The Morgan fingerprint density at radius 3 is 2.58 bits per heavy atom. The fraction of sp³-hybridized carbons (Fsp3) is 0.143. The number of nitrogens with zero attached hydrogens (tertiary/aromatic N) is 1. The first-order valence-corrected chi connectivity index (χ1v) is 11.5. The SMILES string of the molecule is O=C(CN1C(=O)CC(c2ccco2)S(=O)(=O)c2ccccc21)Nc1ccc(Cl)c(Cl)c1. The molecule has 160 valence electrons. The lowest BCUT2D eigenvalue weighted by molar-refractivity contribution is -0.121. The van der Waals surface area contributed by atoms with Crippen molar-refractivity contribution in [3.8, 4) is 0 Å². The zero-order valence-electron chi connectivity index (χ0n) is 15.9. The van der Waals surface area contributed by atoms with E-state index < -0.39 is 26.9 Å². The fourth-order valence-corrected chi connectivity index (χ4v) is 5.55. The Hall–Kier alpha value is -2.81. The monoisotopic (exact) mass is 478 g/mol. The topological polar surface area (TPSA) is 96.7 Å². The minimum atomic E-state index is -3.93. The minimum Gasteiger partial charge on any atom is -0.468 e. The van der Waals surface area contributed by atoms with Gasteiger partial charge in [-0.2, -0.15) is 0 Å². The van der Waals surface area contributed by atoms with Gasteiger partial charge in [0.25, 0.3) is 0 Å². The van der Waals surface area contributed by atoms with E-state index in [0.29, 0.717) is 10.7 Å². The van der Waals surface area contributed by atoms with Gasteiger partial charge in [0.1, 0.15) is 17.6 Å². The summed E-state index contributed by atoms with van der Waals surface area (Å²) in [5.74, 6) is -0.861. The number of carbonyl (C=O) groups is 2. The summed E-state index contributed by atoms with van der Waals surface area (Å²) in [5, 5.41) is 2.07. The fourth-order valence-electron chi connectivity index (χ4n) is 3.41. The third-order valence-electron chi connectivity index (χ3n) is 4.86. The van der Waals surface area contributed by atoms with Crippen LogP contribution in [0.1, 0.15) is 17.4 Å². The molecule has 1 aromatic heterocycles. The van der Waals surface area contributed by atoms with E-state index in [1.165, 1.54) is 41.5 Å². The molecule has 1 atom stereocenters. The number of hydrogen-bond acceptors (Lipinski definition) is 5. The maximum atomic E-state index is 13.3. The summed E-state index contributed by atoms with van der Waals surface area (Å²) < 4.78 is 31.9. The Morgan fingerprint density at radius 1 is 1.10 bits per heavy atom. The quantitative estimate of drug-likeness (QED) is 0.596. The van der Waals surface area contributed by atoms with Gasteiger partial charge in [-0.1, -0.05) is 35.3 Å². The van der Waals surface area contributed by atoms with Gasteiger partial charge in [-0.15, -0.1) is 0 Å². The Balaban J connectivity index is 1.67. The second-order valence-electron chi connectivity index (χ2n) is 6.88. The van der Waals surface area contributed by atoms with Crippen LogP contribution in [0, 0.1) is 0 Å². The van der Waals surface area contributed by atoms with Crippen LogP contribution in [0.2, 0.25) is 10.0 Å². The van der Waals surface area contributed by atoms with Crippen LogP contribution in [0.3, 0.4) is 0 Å².